The van der Waals surface area contributed by atoms with Crippen molar-refractivity contribution in [1.29, 1.82) is 0 Å². The molecule has 31 heavy (non-hydrogen) atoms. The molecule has 5 heteroatoms. The van der Waals surface area contributed by atoms with Gasteiger partial charge in [0.1, 0.15) is 0 Å². The van der Waals surface area contributed by atoms with Crippen LogP contribution in [0.25, 0.3) is 11.1 Å². The van der Waals surface area contributed by atoms with Crippen molar-refractivity contribution in [1.82, 2.24) is 15.2 Å². The van der Waals surface area contributed by atoms with Crippen LogP contribution in [0.15, 0.2) is 42.6 Å². The minimum absolute atomic E-state index is 0.0748. The molecule has 166 valence electrons. The third-order valence-electron chi connectivity index (χ3n) is 6.71. The van der Waals surface area contributed by atoms with Crippen LogP contribution in [-0.4, -0.2) is 48.1 Å². The first-order valence-electron chi connectivity index (χ1n) is 11.8. The van der Waals surface area contributed by atoms with Crippen LogP contribution in [-0.2, 0) is 22.5 Å². The summed E-state index contributed by atoms with van der Waals surface area (Å²) in [5.41, 5.74) is 4.37. The molecule has 5 nitrogen and oxygen atoms in total. The SMILES string of the molecule is C[C@@H](NC(=O)Cc1ccc(-c2ccc(CN3CCOCC3)cc2)cn1)C1CCCCC1. The normalized spacial score (nSPS) is 19.1. The fourth-order valence-electron chi connectivity index (χ4n) is 4.74. The van der Waals surface area contributed by atoms with Crippen molar-refractivity contribution in [3.05, 3.63) is 53.9 Å². The number of ether oxygens (including phenoxy) is 1. The quantitative estimate of drug-likeness (QED) is 0.728. The Morgan fingerprint density at radius 2 is 1.77 bits per heavy atom. The number of hydrogen-bond acceptors (Lipinski definition) is 4. The summed E-state index contributed by atoms with van der Waals surface area (Å²) in [7, 11) is 0. The molecule has 2 heterocycles. The molecule has 1 saturated heterocycles. The molecule has 4 rings (SSSR count). The number of carbonyl (C=O) groups is 1. The molecule has 1 aliphatic heterocycles. The van der Waals surface area contributed by atoms with Gasteiger partial charge in [-0.05, 0) is 42.9 Å². The number of carbonyl (C=O) groups excluding carboxylic acids is 1. The predicted molar refractivity (Wildman–Crippen MR) is 124 cm³/mol. The number of nitrogens with zero attached hydrogens (tertiary/aromatic N) is 2. The molecule has 1 aromatic heterocycles. The summed E-state index contributed by atoms with van der Waals surface area (Å²) in [5.74, 6) is 0.699. The standard InChI is InChI=1S/C26H35N3O2/c1-20(22-5-3-2-4-6-22)28-26(30)17-25-12-11-24(18-27-25)23-9-7-21(8-10-23)19-29-13-15-31-16-14-29/h7-12,18,20,22H,2-6,13-17,19H2,1H3,(H,28,30)/t20-/m1/s1. The van der Waals surface area contributed by atoms with Crippen LogP contribution in [0.5, 0.6) is 0 Å². The highest BCUT2D eigenvalue weighted by Crippen LogP contribution is 2.26. The van der Waals surface area contributed by atoms with Gasteiger partial charge in [0, 0.05) is 43.1 Å². The van der Waals surface area contributed by atoms with Crippen molar-refractivity contribution in [3.8, 4) is 11.1 Å². The number of amides is 1. The average Bonchev–Trinajstić information content (AvgIpc) is 2.81. The van der Waals surface area contributed by atoms with E-state index in [4.69, 9.17) is 4.74 Å². The third kappa shape index (κ3) is 6.37. The average molecular weight is 422 g/mol. The van der Waals surface area contributed by atoms with Gasteiger partial charge in [0.15, 0.2) is 0 Å². The van der Waals surface area contributed by atoms with Crippen LogP contribution in [0.1, 0.15) is 50.3 Å². The molecule has 0 unspecified atom stereocenters. The minimum Gasteiger partial charge on any atom is -0.379 e. The Bertz CT molecular complexity index is 823. The third-order valence-corrected chi connectivity index (χ3v) is 6.71. The maximum absolute atomic E-state index is 12.5. The zero-order chi connectivity index (χ0) is 21.5. The van der Waals surface area contributed by atoms with Crippen molar-refractivity contribution in [2.75, 3.05) is 26.3 Å². The van der Waals surface area contributed by atoms with Crippen LogP contribution in [0, 0.1) is 5.92 Å². The van der Waals surface area contributed by atoms with Crippen LogP contribution in [0.3, 0.4) is 0 Å². The fraction of sp³-hybridized carbons (Fsp3) is 0.538. The highest BCUT2D eigenvalue weighted by molar-refractivity contribution is 5.78. The summed E-state index contributed by atoms with van der Waals surface area (Å²) in [4.78, 5) is 19.4. The Kier molecular flexibility index (Phi) is 7.71. The first-order valence-corrected chi connectivity index (χ1v) is 11.8. The van der Waals surface area contributed by atoms with Crippen molar-refractivity contribution in [2.45, 2.75) is 58.0 Å². The van der Waals surface area contributed by atoms with Crippen molar-refractivity contribution in [3.63, 3.8) is 0 Å². The van der Waals surface area contributed by atoms with Crippen LogP contribution < -0.4 is 5.32 Å². The van der Waals surface area contributed by atoms with E-state index in [9.17, 15) is 4.79 Å². The molecule has 2 aliphatic rings. The summed E-state index contributed by atoms with van der Waals surface area (Å²) in [5, 5.41) is 3.19. The van der Waals surface area contributed by atoms with E-state index < -0.39 is 0 Å². The van der Waals surface area contributed by atoms with E-state index in [1.807, 2.05) is 12.3 Å². The van der Waals surface area contributed by atoms with Crippen LogP contribution in [0.4, 0.5) is 0 Å². The molecule has 2 aromatic rings. The monoisotopic (exact) mass is 421 g/mol. The van der Waals surface area contributed by atoms with Gasteiger partial charge in [-0.25, -0.2) is 0 Å². The molecule has 1 amide bonds. The molecule has 0 bridgehead atoms. The second-order valence-corrected chi connectivity index (χ2v) is 9.05. The number of hydrogen-bond donors (Lipinski definition) is 1. The number of benzene rings is 1. The molecule has 1 aliphatic carbocycles. The van der Waals surface area contributed by atoms with E-state index in [1.54, 1.807) is 0 Å². The first-order chi connectivity index (χ1) is 15.2. The number of rotatable bonds is 7. The second-order valence-electron chi connectivity index (χ2n) is 9.05. The number of aromatic nitrogens is 1. The van der Waals surface area contributed by atoms with Crippen LogP contribution >= 0.6 is 0 Å². The molecule has 0 radical (unpaired) electrons. The van der Waals surface area contributed by atoms with Crippen LogP contribution in [0.2, 0.25) is 0 Å². The highest BCUT2D eigenvalue weighted by atomic mass is 16.5. The lowest BCUT2D eigenvalue weighted by Crippen LogP contribution is -2.39. The Hall–Kier alpha value is -2.24. The minimum atomic E-state index is 0.0748. The van der Waals surface area contributed by atoms with Gasteiger partial charge in [-0.3, -0.25) is 14.7 Å². The number of pyridine rings is 1. The zero-order valence-electron chi connectivity index (χ0n) is 18.7. The van der Waals surface area contributed by atoms with E-state index in [-0.39, 0.29) is 11.9 Å². The predicted octanol–water partition coefficient (Wildman–Crippen LogP) is 4.21. The van der Waals surface area contributed by atoms with E-state index in [0.29, 0.717) is 12.3 Å². The lowest BCUT2D eigenvalue weighted by atomic mass is 9.84. The van der Waals surface area contributed by atoms with E-state index in [0.717, 1.165) is 49.7 Å². The van der Waals surface area contributed by atoms with Gasteiger partial charge in [-0.2, -0.15) is 0 Å². The topological polar surface area (TPSA) is 54.5 Å². The zero-order valence-corrected chi connectivity index (χ0v) is 18.7. The summed E-state index contributed by atoms with van der Waals surface area (Å²) in [6.07, 6.45) is 8.62. The summed E-state index contributed by atoms with van der Waals surface area (Å²) in [6.45, 7) is 6.77. The molecule has 1 N–H and O–H groups in total. The van der Waals surface area contributed by atoms with Crippen molar-refractivity contribution in [2.24, 2.45) is 5.92 Å². The Balaban J connectivity index is 1.28. The smallest absolute Gasteiger partial charge is 0.226 e. The van der Waals surface area contributed by atoms with Gasteiger partial charge in [0.05, 0.1) is 19.6 Å². The Morgan fingerprint density at radius 1 is 1.06 bits per heavy atom. The lowest BCUT2D eigenvalue weighted by Gasteiger charge is -2.28. The Morgan fingerprint density at radius 3 is 2.45 bits per heavy atom. The second kappa shape index (κ2) is 10.9. The fourth-order valence-corrected chi connectivity index (χ4v) is 4.74. The van der Waals surface area contributed by atoms with Gasteiger partial charge in [-0.1, -0.05) is 49.6 Å². The van der Waals surface area contributed by atoms with Gasteiger partial charge < -0.3 is 10.1 Å². The van der Waals surface area contributed by atoms with Gasteiger partial charge in [0.2, 0.25) is 5.91 Å². The first kappa shape index (κ1) is 22.0. The summed E-state index contributed by atoms with van der Waals surface area (Å²) >= 11 is 0. The van der Waals surface area contributed by atoms with Gasteiger partial charge in [0.25, 0.3) is 0 Å². The highest BCUT2D eigenvalue weighted by Gasteiger charge is 2.21. The number of nitrogens with one attached hydrogen (secondary N) is 1. The number of morpholine rings is 1. The van der Waals surface area contributed by atoms with E-state index in [2.05, 4.69) is 52.5 Å². The van der Waals surface area contributed by atoms with E-state index >= 15 is 0 Å². The Labute approximate surface area is 186 Å². The van der Waals surface area contributed by atoms with Gasteiger partial charge >= 0.3 is 0 Å². The molecule has 1 aromatic carbocycles. The maximum atomic E-state index is 12.5. The summed E-state index contributed by atoms with van der Waals surface area (Å²) < 4.78 is 5.42. The van der Waals surface area contributed by atoms with Gasteiger partial charge in [-0.15, -0.1) is 0 Å². The molecular formula is C26H35N3O2. The molecule has 2 fully saturated rings. The lowest BCUT2D eigenvalue weighted by molar-refractivity contribution is -0.121. The summed E-state index contributed by atoms with van der Waals surface area (Å²) in [6, 6.07) is 13.0. The largest absolute Gasteiger partial charge is 0.379 e. The van der Waals surface area contributed by atoms with Crippen molar-refractivity contribution >= 4 is 5.91 Å². The maximum Gasteiger partial charge on any atom is 0.226 e. The van der Waals surface area contributed by atoms with Crippen molar-refractivity contribution < 1.29 is 9.53 Å². The molecule has 1 saturated carbocycles. The molecular weight excluding hydrogens is 386 g/mol. The molecule has 1 atom stereocenters. The molecule has 0 spiro atoms. The van der Waals surface area contributed by atoms with E-state index in [1.165, 1.54) is 37.7 Å².